The number of ketones is 1. The fourth-order valence-corrected chi connectivity index (χ4v) is 8.63. The van der Waals surface area contributed by atoms with Crippen LogP contribution in [0.1, 0.15) is 50.2 Å². The van der Waals surface area contributed by atoms with Crippen molar-refractivity contribution in [3.05, 3.63) is 58.8 Å². The largest absolute Gasteiger partial charge is 0.450 e. The molecule has 7 heteroatoms. The molecule has 2 bridgehead atoms. The highest BCUT2D eigenvalue weighted by Gasteiger charge is 2.76. The van der Waals surface area contributed by atoms with E-state index >= 15 is 0 Å². The number of aliphatic hydroxyl groups is 3. The lowest BCUT2D eigenvalue weighted by molar-refractivity contribution is -0.190. The van der Waals surface area contributed by atoms with Gasteiger partial charge < -0.3 is 24.6 Å². The van der Waals surface area contributed by atoms with E-state index in [0.29, 0.717) is 17.7 Å². The average molecular weight is 520 g/mol. The summed E-state index contributed by atoms with van der Waals surface area (Å²) in [5.74, 6) is -1.28. The van der Waals surface area contributed by atoms with Crippen molar-refractivity contribution >= 4 is 22.7 Å². The molecule has 0 amide bonds. The van der Waals surface area contributed by atoms with Gasteiger partial charge in [0, 0.05) is 23.9 Å². The highest BCUT2D eigenvalue weighted by Crippen LogP contribution is 2.71. The number of carbonyl (C=O) groups is 2. The SMILES string of the molecule is CC1=C[C@]23C(=O)[C@@H](C=C(CO)[C@@H](O)[C@]2(O)[C@H]1OC(=O)c1c(C)c2ccccc2n1C)C1[C@@H](C[C@H]3C)C1(C)C. The topological polar surface area (TPSA) is 109 Å². The van der Waals surface area contributed by atoms with Gasteiger partial charge in [-0.15, -0.1) is 0 Å². The molecule has 1 heterocycles. The van der Waals surface area contributed by atoms with Crippen molar-refractivity contribution in [2.24, 2.45) is 41.5 Å². The number of nitrogens with zero attached hydrogens (tertiary/aromatic N) is 1. The first-order valence-corrected chi connectivity index (χ1v) is 13.5. The zero-order chi connectivity index (χ0) is 27.5. The van der Waals surface area contributed by atoms with E-state index in [9.17, 15) is 24.9 Å². The molecule has 4 aliphatic carbocycles. The number of allylic oxidation sites excluding steroid dienone is 1. The molecular formula is C31H37NO6. The summed E-state index contributed by atoms with van der Waals surface area (Å²) in [6.45, 7) is 9.37. The van der Waals surface area contributed by atoms with Crippen LogP contribution in [0.5, 0.6) is 0 Å². The van der Waals surface area contributed by atoms with Crippen molar-refractivity contribution in [2.45, 2.75) is 58.8 Å². The summed E-state index contributed by atoms with van der Waals surface area (Å²) in [7, 11) is 1.79. The molecule has 8 atom stereocenters. The van der Waals surface area contributed by atoms with Crippen LogP contribution in [0.3, 0.4) is 0 Å². The molecule has 1 aromatic heterocycles. The number of benzene rings is 1. The lowest BCUT2D eigenvalue weighted by Crippen LogP contribution is -2.65. The molecule has 2 saturated carbocycles. The maximum absolute atomic E-state index is 14.5. The summed E-state index contributed by atoms with van der Waals surface area (Å²) in [6, 6.07) is 7.68. The Labute approximate surface area is 222 Å². The molecule has 3 N–H and O–H groups in total. The summed E-state index contributed by atoms with van der Waals surface area (Å²) >= 11 is 0. The second-order valence-electron chi connectivity index (χ2n) is 12.7. The third kappa shape index (κ3) is 2.85. The van der Waals surface area contributed by atoms with E-state index in [1.807, 2.05) is 38.1 Å². The van der Waals surface area contributed by atoms with Crippen LogP contribution in [0.15, 0.2) is 47.6 Å². The Kier molecular flexibility index (Phi) is 5.31. The number of aryl methyl sites for hydroxylation is 2. The van der Waals surface area contributed by atoms with Crippen LogP contribution in [-0.4, -0.2) is 56.1 Å². The standard InChI is InChI=1S/C31H37NO6/c1-15-13-30-16(2)11-21-23(29(21,4)5)20(26(30)35)12-18(14-33)25(34)31(30,37)27(15)38-28(36)24-17(3)19-9-7-8-10-22(19)32(24)6/h7-10,12-13,16,20-21,23,25,27,33-34,37H,11,14H2,1-6H3/t16-,20+,21-,23?,25-,27+,30+,31+/m1/s1. The number of para-hydroxylation sites is 1. The van der Waals surface area contributed by atoms with Gasteiger partial charge in [0.25, 0.3) is 0 Å². The minimum absolute atomic E-state index is 0.0457. The van der Waals surface area contributed by atoms with E-state index in [1.54, 1.807) is 30.7 Å². The quantitative estimate of drug-likeness (QED) is 0.423. The number of aromatic nitrogens is 1. The van der Waals surface area contributed by atoms with Crippen molar-refractivity contribution in [3.8, 4) is 0 Å². The molecule has 1 unspecified atom stereocenters. The molecule has 202 valence electrons. The molecule has 38 heavy (non-hydrogen) atoms. The first-order chi connectivity index (χ1) is 17.8. The second-order valence-corrected chi connectivity index (χ2v) is 12.7. The fourth-order valence-electron chi connectivity index (χ4n) is 8.63. The first-order valence-electron chi connectivity index (χ1n) is 13.5. The smallest absolute Gasteiger partial charge is 0.355 e. The monoisotopic (exact) mass is 519 g/mol. The summed E-state index contributed by atoms with van der Waals surface area (Å²) < 4.78 is 7.87. The highest BCUT2D eigenvalue weighted by atomic mass is 16.6. The Morgan fingerprint density at radius 1 is 1.21 bits per heavy atom. The minimum atomic E-state index is -2.15. The van der Waals surface area contributed by atoms with E-state index < -0.39 is 41.7 Å². The Morgan fingerprint density at radius 3 is 2.55 bits per heavy atom. The molecule has 1 spiro atoms. The van der Waals surface area contributed by atoms with E-state index in [2.05, 4.69) is 13.8 Å². The number of fused-ring (bicyclic) bond motifs is 4. The van der Waals surface area contributed by atoms with Gasteiger partial charge in [-0.1, -0.05) is 51.1 Å². The molecular weight excluding hydrogens is 482 g/mol. The van der Waals surface area contributed by atoms with E-state index in [1.165, 1.54) is 0 Å². The first kappa shape index (κ1) is 25.5. The number of Topliss-reactive ketones (excluding diaryl/α,β-unsaturated/α-hetero) is 1. The van der Waals surface area contributed by atoms with Crippen LogP contribution in [0.4, 0.5) is 0 Å². The average Bonchev–Trinajstić information content (AvgIpc) is 3.24. The van der Waals surface area contributed by atoms with Crippen LogP contribution in [-0.2, 0) is 16.6 Å². The highest BCUT2D eigenvalue weighted by molar-refractivity contribution is 5.99. The maximum atomic E-state index is 14.5. The zero-order valence-corrected chi connectivity index (χ0v) is 22.9. The Morgan fingerprint density at radius 2 is 1.89 bits per heavy atom. The molecule has 0 aliphatic heterocycles. The molecule has 2 aromatic rings. The third-order valence-electron chi connectivity index (χ3n) is 10.7. The maximum Gasteiger partial charge on any atom is 0.355 e. The van der Waals surface area contributed by atoms with Gasteiger partial charge in [0.15, 0.2) is 17.5 Å². The van der Waals surface area contributed by atoms with Gasteiger partial charge in [0.05, 0.1) is 12.0 Å². The number of ether oxygens (including phenoxy) is 1. The van der Waals surface area contributed by atoms with Gasteiger partial charge in [0.2, 0.25) is 0 Å². The summed E-state index contributed by atoms with van der Waals surface area (Å²) in [5, 5.41) is 35.5. The second kappa shape index (κ2) is 7.90. The van der Waals surface area contributed by atoms with Crippen LogP contribution < -0.4 is 0 Å². The molecule has 0 radical (unpaired) electrons. The van der Waals surface area contributed by atoms with Gasteiger partial charge in [-0.25, -0.2) is 4.79 Å². The van der Waals surface area contributed by atoms with Crippen LogP contribution >= 0.6 is 0 Å². The van der Waals surface area contributed by atoms with Crippen molar-refractivity contribution in [1.29, 1.82) is 0 Å². The number of aliphatic hydroxyl groups excluding tert-OH is 2. The summed E-state index contributed by atoms with van der Waals surface area (Å²) in [4.78, 5) is 28.2. The molecule has 0 saturated heterocycles. The van der Waals surface area contributed by atoms with E-state index in [4.69, 9.17) is 4.74 Å². The van der Waals surface area contributed by atoms with Gasteiger partial charge in [-0.2, -0.15) is 0 Å². The van der Waals surface area contributed by atoms with Crippen molar-refractivity contribution in [2.75, 3.05) is 6.61 Å². The van der Waals surface area contributed by atoms with Crippen LogP contribution in [0.25, 0.3) is 10.9 Å². The minimum Gasteiger partial charge on any atom is -0.450 e. The molecule has 1 aromatic carbocycles. The zero-order valence-electron chi connectivity index (χ0n) is 22.9. The Balaban J connectivity index is 1.48. The fraction of sp³-hybridized carbons (Fsp3) is 0.548. The molecule has 4 aliphatic rings. The number of esters is 1. The Bertz CT molecular complexity index is 1410. The van der Waals surface area contributed by atoms with Gasteiger partial charge in [0.1, 0.15) is 11.8 Å². The molecule has 2 fully saturated rings. The van der Waals surface area contributed by atoms with E-state index in [-0.39, 0.29) is 34.5 Å². The van der Waals surface area contributed by atoms with Gasteiger partial charge >= 0.3 is 5.97 Å². The summed E-state index contributed by atoms with van der Waals surface area (Å²) in [5.41, 5.74) is -0.918. The predicted octanol–water partition coefficient (Wildman–Crippen LogP) is 3.48. The third-order valence-corrected chi connectivity index (χ3v) is 10.7. The lowest BCUT2D eigenvalue weighted by atomic mass is 9.59. The number of carbonyl (C=O) groups excluding carboxylic acids is 2. The van der Waals surface area contributed by atoms with Crippen LogP contribution in [0, 0.1) is 41.4 Å². The number of hydrogen-bond donors (Lipinski definition) is 3. The van der Waals surface area contributed by atoms with Crippen molar-refractivity contribution in [3.63, 3.8) is 0 Å². The number of rotatable bonds is 3. The van der Waals surface area contributed by atoms with Gasteiger partial charge in [-0.05, 0) is 66.2 Å². The van der Waals surface area contributed by atoms with Crippen molar-refractivity contribution in [1.82, 2.24) is 4.57 Å². The normalized spacial score (nSPS) is 39.0. The predicted molar refractivity (Wildman–Crippen MR) is 142 cm³/mol. The van der Waals surface area contributed by atoms with Crippen molar-refractivity contribution < 1.29 is 29.6 Å². The summed E-state index contributed by atoms with van der Waals surface area (Å²) in [6.07, 6.45) is 1.32. The number of hydrogen-bond acceptors (Lipinski definition) is 6. The molecule has 6 rings (SSSR count). The van der Waals surface area contributed by atoms with Crippen LogP contribution in [0.2, 0.25) is 0 Å². The van der Waals surface area contributed by atoms with E-state index in [0.717, 1.165) is 16.5 Å². The molecule has 7 nitrogen and oxygen atoms in total. The van der Waals surface area contributed by atoms with Gasteiger partial charge in [-0.3, -0.25) is 4.79 Å². The lowest BCUT2D eigenvalue weighted by Gasteiger charge is -2.48. The Hall–Kier alpha value is -2.74.